The summed E-state index contributed by atoms with van der Waals surface area (Å²) in [6, 6.07) is 5.16. The zero-order valence-corrected chi connectivity index (χ0v) is 11.9. The predicted octanol–water partition coefficient (Wildman–Crippen LogP) is 1.39. The summed E-state index contributed by atoms with van der Waals surface area (Å²) in [6.45, 7) is 1.94. The van der Waals surface area contributed by atoms with Gasteiger partial charge < -0.3 is 20.5 Å². The van der Waals surface area contributed by atoms with E-state index in [1.165, 1.54) is 0 Å². The first-order valence-electron chi connectivity index (χ1n) is 6.43. The molecule has 114 valence electrons. The van der Waals surface area contributed by atoms with Gasteiger partial charge in [-0.25, -0.2) is 9.59 Å². The van der Waals surface area contributed by atoms with E-state index in [1.54, 1.807) is 12.1 Å². The van der Waals surface area contributed by atoms with Crippen LogP contribution < -0.4 is 10.6 Å². The summed E-state index contributed by atoms with van der Waals surface area (Å²) < 4.78 is 4.39. The molecule has 3 N–H and O–H groups in total. The SMILES string of the molecule is CCc1ccccc1NC(=O)N[C@@H](CC(=O)OC)C(=O)O. The second-order valence-electron chi connectivity index (χ2n) is 4.28. The van der Waals surface area contributed by atoms with Crippen molar-refractivity contribution >= 4 is 23.7 Å². The van der Waals surface area contributed by atoms with Crippen molar-refractivity contribution in [3.8, 4) is 0 Å². The minimum absolute atomic E-state index is 0.436. The Morgan fingerprint density at radius 3 is 2.52 bits per heavy atom. The second kappa shape index (κ2) is 7.88. The number of urea groups is 1. The number of para-hydroxylation sites is 1. The minimum atomic E-state index is -1.34. The molecule has 0 unspecified atom stereocenters. The molecule has 1 aromatic rings. The standard InChI is InChI=1S/C14H18N2O5/c1-3-9-6-4-5-7-10(9)15-14(20)16-11(13(18)19)8-12(17)21-2/h4-7,11H,3,8H2,1-2H3,(H,18,19)(H2,15,16,20)/t11-/m0/s1. The average molecular weight is 294 g/mol. The lowest BCUT2D eigenvalue weighted by Gasteiger charge is -2.15. The fraction of sp³-hybridized carbons (Fsp3) is 0.357. The van der Waals surface area contributed by atoms with Gasteiger partial charge in [0.25, 0.3) is 0 Å². The summed E-state index contributed by atoms with van der Waals surface area (Å²) in [5.74, 6) is -2.02. The van der Waals surface area contributed by atoms with E-state index in [0.717, 1.165) is 19.1 Å². The molecule has 7 heteroatoms. The third-order valence-corrected chi connectivity index (χ3v) is 2.85. The first-order chi connectivity index (χ1) is 9.97. The second-order valence-corrected chi connectivity index (χ2v) is 4.28. The first-order valence-corrected chi connectivity index (χ1v) is 6.43. The number of carboxylic acids is 1. The van der Waals surface area contributed by atoms with Crippen molar-refractivity contribution in [3.63, 3.8) is 0 Å². The molecule has 0 aromatic heterocycles. The lowest BCUT2D eigenvalue weighted by atomic mass is 10.1. The van der Waals surface area contributed by atoms with Crippen molar-refractivity contribution in [2.24, 2.45) is 0 Å². The third kappa shape index (κ3) is 5.13. The highest BCUT2D eigenvalue weighted by Crippen LogP contribution is 2.15. The zero-order chi connectivity index (χ0) is 15.8. The molecule has 0 bridgehead atoms. The summed E-state index contributed by atoms with van der Waals surface area (Å²) in [4.78, 5) is 33.9. The molecule has 0 fully saturated rings. The Morgan fingerprint density at radius 1 is 1.29 bits per heavy atom. The van der Waals surface area contributed by atoms with E-state index in [-0.39, 0.29) is 0 Å². The zero-order valence-electron chi connectivity index (χ0n) is 11.9. The van der Waals surface area contributed by atoms with Gasteiger partial charge in [0.2, 0.25) is 0 Å². The Hall–Kier alpha value is -2.57. The molecule has 1 atom stereocenters. The monoisotopic (exact) mass is 294 g/mol. The largest absolute Gasteiger partial charge is 0.480 e. The Labute approximate surface area is 122 Å². The Morgan fingerprint density at radius 2 is 1.95 bits per heavy atom. The Balaban J connectivity index is 2.70. The van der Waals surface area contributed by atoms with E-state index in [4.69, 9.17) is 5.11 Å². The summed E-state index contributed by atoms with van der Waals surface area (Å²) >= 11 is 0. The summed E-state index contributed by atoms with van der Waals surface area (Å²) in [6.07, 6.45) is 0.287. The maximum Gasteiger partial charge on any atom is 0.326 e. The number of aryl methyl sites for hydroxylation is 1. The summed E-state index contributed by atoms with van der Waals surface area (Å²) in [5.41, 5.74) is 1.52. The highest BCUT2D eigenvalue weighted by atomic mass is 16.5. The number of carbonyl (C=O) groups excluding carboxylic acids is 2. The molecule has 0 heterocycles. The topological polar surface area (TPSA) is 105 Å². The van der Waals surface area contributed by atoms with E-state index in [9.17, 15) is 14.4 Å². The van der Waals surface area contributed by atoms with Crippen LogP contribution in [0.15, 0.2) is 24.3 Å². The molecule has 2 amide bonds. The van der Waals surface area contributed by atoms with E-state index in [0.29, 0.717) is 5.69 Å². The molecule has 7 nitrogen and oxygen atoms in total. The van der Waals surface area contributed by atoms with Gasteiger partial charge in [-0.3, -0.25) is 4.79 Å². The number of esters is 1. The van der Waals surface area contributed by atoms with Gasteiger partial charge in [-0.05, 0) is 18.1 Å². The molecular formula is C14H18N2O5. The highest BCUT2D eigenvalue weighted by Gasteiger charge is 2.23. The van der Waals surface area contributed by atoms with Crippen LogP contribution in [0.1, 0.15) is 18.9 Å². The van der Waals surface area contributed by atoms with Gasteiger partial charge in [0.15, 0.2) is 0 Å². The first kappa shape index (κ1) is 16.5. The molecule has 0 aliphatic heterocycles. The highest BCUT2D eigenvalue weighted by molar-refractivity contribution is 5.94. The Kier molecular flexibility index (Phi) is 6.19. The van der Waals surface area contributed by atoms with Crippen LogP contribution in [-0.2, 0) is 20.7 Å². The van der Waals surface area contributed by atoms with E-state index < -0.39 is 30.4 Å². The Bertz CT molecular complexity index is 530. The van der Waals surface area contributed by atoms with E-state index in [2.05, 4.69) is 15.4 Å². The number of rotatable bonds is 6. The van der Waals surface area contributed by atoms with Crippen molar-refractivity contribution in [3.05, 3.63) is 29.8 Å². The molecule has 0 saturated carbocycles. The van der Waals surface area contributed by atoms with Gasteiger partial charge in [0.05, 0.1) is 13.5 Å². The molecule has 0 aliphatic carbocycles. The van der Waals surface area contributed by atoms with Crippen LogP contribution in [0, 0.1) is 0 Å². The average Bonchev–Trinajstić information content (AvgIpc) is 2.46. The van der Waals surface area contributed by atoms with Crippen LogP contribution in [0.2, 0.25) is 0 Å². The van der Waals surface area contributed by atoms with Crippen LogP contribution >= 0.6 is 0 Å². The van der Waals surface area contributed by atoms with Crippen molar-refractivity contribution in [2.45, 2.75) is 25.8 Å². The fourth-order valence-electron chi connectivity index (χ4n) is 1.72. The fourth-order valence-corrected chi connectivity index (χ4v) is 1.72. The number of hydrogen-bond acceptors (Lipinski definition) is 4. The number of hydrogen-bond donors (Lipinski definition) is 3. The number of methoxy groups -OCH3 is 1. The third-order valence-electron chi connectivity index (χ3n) is 2.85. The normalized spacial score (nSPS) is 11.3. The number of nitrogens with one attached hydrogen (secondary N) is 2. The number of benzene rings is 1. The number of aliphatic carboxylic acids is 1. The van der Waals surface area contributed by atoms with Crippen molar-refractivity contribution in [2.75, 3.05) is 12.4 Å². The maximum atomic E-state index is 11.8. The minimum Gasteiger partial charge on any atom is -0.480 e. The van der Waals surface area contributed by atoms with Crippen LogP contribution in [0.25, 0.3) is 0 Å². The molecule has 0 aliphatic rings. The molecule has 1 aromatic carbocycles. The molecule has 0 radical (unpaired) electrons. The number of carbonyl (C=O) groups is 3. The quantitative estimate of drug-likeness (QED) is 0.688. The summed E-state index contributed by atoms with van der Waals surface area (Å²) in [7, 11) is 1.15. The van der Waals surface area contributed by atoms with Crippen LogP contribution in [0.3, 0.4) is 0 Å². The number of anilines is 1. The van der Waals surface area contributed by atoms with Gasteiger partial charge in [-0.2, -0.15) is 0 Å². The van der Waals surface area contributed by atoms with Crippen LogP contribution in [0.4, 0.5) is 10.5 Å². The van der Waals surface area contributed by atoms with Gasteiger partial charge in [0, 0.05) is 5.69 Å². The van der Waals surface area contributed by atoms with Crippen molar-refractivity contribution in [1.29, 1.82) is 0 Å². The lowest BCUT2D eigenvalue weighted by Crippen LogP contribution is -2.44. The van der Waals surface area contributed by atoms with Crippen molar-refractivity contribution in [1.82, 2.24) is 5.32 Å². The molecular weight excluding hydrogens is 276 g/mol. The number of carboxylic acid groups (broad SMARTS) is 1. The van der Waals surface area contributed by atoms with Gasteiger partial charge in [-0.15, -0.1) is 0 Å². The maximum absolute atomic E-state index is 11.8. The smallest absolute Gasteiger partial charge is 0.326 e. The van der Waals surface area contributed by atoms with Crippen molar-refractivity contribution < 1.29 is 24.2 Å². The van der Waals surface area contributed by atoms with Gasteiger partial charge in [-0.1, -0.05) is 25.1 Å². The van der Waals surface area contributed by atoms with E-state index >= 15 is 0 Å². The molecule has 21 heavy (non-hydrogen) atoms. The van der Waals surface area contributed by atoms with Crippen LogP contribution in [0.5, 0.6) is 0 Å². The van der Waals surface area contributed by atoms with Gasteiger partial charge in [0.1, 0.15) is 6.04 Å². The lowest BCUT2D eigenvalue weighted by molar-refractivity contribution is -0.147. The van der Waals surface area contributed by atoms with E-state index in [1.807, 2.05) is 19.1 Å². The molecule has 0 saturated heterocycles. The summed E-state index contributed by atoms with van der Waals surface area (Å²) in [5, 5.41) is 13.8. The van der Waals surface area contributed by atoms with Gasteiger partial charge >= 0.3 is 18.0 Å². The number of ether oxygens (including phenoxy) is 1. The number of amides is 2. The molecule has 0 spiro atoms. The predicted molar refractivity (Wildman–Crippen MR) is 76.0 cm³/mol. The van der Waals surface area contributed by atoms with Crippen LogP contribution in [-0.4, -0.2) is 36.2 Å². The molecule has 1 rings (SSSR count).